The number of nitrogens with one attached hydrogen (secondary N) is 2. The van der Waals surface area contributed by atoms with Crippen LogP contribution in [0.5, 0.6) is 0 Å². The first-order chi connectivity index (χ1) is 12.6. The summed E-state index contributed by atoms with van der Waals surface area (Å²) in [5.41, 5.74) is 0.886. The van der Waals surface area contributed by atoms with Gasteiger partial charge in [-0.2, -0.15) is 4.98 Å². The highest BCUT2D eigenvalue weighted by atomic mass is 127. The first-order valence-corrected chi connectivity index (χ1v) is 8.85. The molecule has 2 aromatic heterocycles. The molecule has 0 spiro atoms. The Bertz CT molecular complexity index is 854. The van der Waals surface area contributed by atoms with Gasteiger partial charge in [0.2, 0.25) is 5.89 Å². The molecule has 0 aliphatic carbocycles. The second kappa shape index (κ2) is 9.72. The maximum Gasteiger partial charge on any atom is 0.228 e. The molecule has 0 aliphatic heterocycles. The molecule has 27 heavy (non-hydrogen) atoms. The fraction of sp³-hybridized carbons (Fsp3) is 0.421. The van der Waals surface area contributed by atoms with Gasteiger partial charge in [0.05, 0.1) is 6.04 Å². The van der Waals surface area contributed by atoms with E-state index in [1.807, 2.05) is 51.1 Å². The summed E-state index contributed by atoms with van der Waals surface area (Å²) >= 11 is 0. The molecule has 1 atom stereocenters. The van der Waals surface area contributed by atoms with Crippen molar-refractivity contribution in [1.82, 2.24) is 20.8 Å². The van der Waals surface area contributed by atoms with Gasteiger partial charge in [-0.3, -0.25) is 4.99 Å². The number of benzene rings is 1. The Morgan fingerprint density at radius 3 is 2.67 bits per heavy atom. The summed E-state index contributed by atoms with van der Waals surface area (Å²) in [5.74, 6) is 3.19. The first kappa shape index (κ1) is 21.2. The molecule has 3 aromatic rings. The van der Waals surface area contributed by atoms with Crippen LogP contribution >= 0.6 is 24.0 Å². The maximum absolute atomic E-state index is 5.90. The van der Waals surface area contributed by atoms with Crippen molar-refractivity contribution in [2.75, 3.05) is 13.6 Å². The number of aliphatic imine (C=N–C) groups is 1. The fourth-order valence-electron chi connectivity index (χ4n) is 2.58. The van der Waals surface area contributed by atoms with Crippen LogP contribution in [0.15, 0.2) is 44.3 Å². The van der Waals surface area contributed by atoms with E-state index in [0.717, 1.165) is 22.6 Å². The van der Waals surface area contributed by atoms with Gasteiger partial charge in [0.1, 0.15) is 11.3 Å². The molecular formula is C19H26IN5O2. The van der Waals surface area contributed by atoms with Crippen molar-refractivity contribution in [3.63, 3.8) is 0 Å². The third-order valence-electron chi connectivity index (χ3n) is 4.08. The number of para-hydroxylation sites is 1. The SMILES string of the molecule is CN=C(NCCc1nc(C(C)C)no1)NC(C)c1cc2ccccc2o1.I. The molecule has 0 aliphatic rings. The Kier molecular flexibility index (Phi) is 7.64. The lowest BCUT2D eigenvalue weighted by Crippen LogP contribution is -2.39. The Hall–Kier alpha value is -2.10. The highest BCUT2D eigenvalue weighted by Crippen LogP contribution is 2.23. The second-order valence-electron chi connectivity index (χ2n) is 6.50. The standard InChI is InChI=1S/C19H25N5O2.HI/c1-12(2)18-23-17(26-24-18)9-10-21-19(20-4)22-13(3)16-11-14-7-5-6-8-15(14)25-16;/h5-8,11-13H,9-10H2,1-4H3,(H2,20,21,22);1H. The number of hydrogen-bond donors (Lipinski definition) is 2. The lowest BCUT2D eigenvalue weighted by molar-refractivity contribution is 0.371. The summed E-state index contributed by atoms with van der Waals surface area (Å²) in [7, 11) is 1.74. The van der Waals surface area contributed by atoms with Crippen LogP contribution in [0.3, 0.4) is 0 Å². The number of furan rings is 1. The van der Waals surface area contributed by atoms with Crippen LogP contribution in [0, 0.1) is 0 Å². The molecule has 0 bridgehead atoms. The molecule has 0 radical (unpaired) electrons. The minimum absolute atomic E-state index is 0. The zero-order valence-electron chi connectivity index (χ0n) is 16.0. The molecule has 0 fully saturated rings. The predicted octanol–water partition coefficient (Wildman–Crippen LogP) is 4.03. The van der Waals surface area contributed by atoms with Gasteiger partial charge in [-0.1, -0.05) is 37.2 Å². The van der Waals surface area contributed by atoms with Gasteiger partial charge in [-0.05, 0) is 19.1 Å². The third kappa shape index (κ3) is 5.44. The summed E-state index contributed by atoms with van der Waals surface area (Å²) < 4.78 is 11.1. The fourth-order valence-corrected chi connectivity index (χ4v) is 2.58. The number of aromatic nitrogens is 2. The minimum Gasteiger partial charge on any atom is -0.459 e. The van der Waals surface area contributed by atoms with E-state index >= 15 is 0 Å². The monoisotopic (exact) mass is 483 g/mol. The molecule has 146 valence electrons. The van der Waals surface area contributed by atoms with Gasteiger partial charge >= 0.3 is 0 Å². The van der Waals surface area contributed by atoms with Crippen molar-refractivity contribution >= 4 is 40.9 Å². The van der Waals surface area contributed by atoms with Crippen LogP contribution in [0.4, 0.5) is 0 Å². The Labute approximate surface area is 176 Å². The Balaban J connectivity index is 0.00000261. The molecule has 1 aromatic carbocycles. The average Bonchev–Trinajstić information content (AvgIpc) is 3.27. The van der Waals surface area contributed by atoms with E-state index in [-0.39, 0.29) is 35.9 Å². The molecule has 0 saturated heterocycles. The topological polar surface area (TPSA) is 88.5 Å². The number of nitrogens with zero attached hydrogens (tertiary/aromatic N) is 3. The third-order valence-corrected chi connectivity index (χ3v) is 4.08. The van der Waals surface area contributed by atoms with Crippen molar-refractivity contribution in [1.29, 1.82) is 0 Å². The zero-order chi connectivity index (χ0) is 18.5. The predicted molar refractivity (Wildman–Crippen MR) is 117 cm³/mol. The van der Waals surface area contributed by atoms with Crippen molar-refractivity contribution in [2.24, 2.45) is 4.99 Å². The van der Waals surface area contributed by atoms with Gasteiger partial charge in [0.25, 0.3) is 0 Å². The van der Waals surface area contributed by atoms with E-state index in [1.165, 1.54) is 0 Å². The highest BCUT2D eigenvalue weighted by Gasteiger charge is 2.13. The van der Waals surface area contributed by atoms with E-state index in [4.69, 9.17) is 8.94 Å². The molecule has 3 rings (SSSR count). The lowest BCUT2D eigenvalue weighted by atomic mass is 10.2. The van der Waals surface area contributed by atoms with Gasteiger partial charge in [-0.15, -0.1) is 24.0 Å². The molecule has 0 saturated carbocycles. The summed E-state index contributed by atoms with van der Waals surface area (Å²) in [4.78, 5) is 8.63. The quantitative estimate of drug-likeness (QED) is 0.313. The van der Waals surface area contributed by atoms with Crippen molar-refractivity contribution in [3.05, 3.63) is 47.8 Å². The van der Waals surface area contributed by atoms with Crippen molar-refractivity contribution in [2.45, 2.75) is 39.2 Å². The van der Waals surface area contributed by atoms with Gasteiger partial charge < -0.3 is 19.6 Å². The Morgan fingerprint density at radius 2 is 2.00 bits per heavy atom. The largest absolute Gasteiger partial charge is 0.459 e. The summed E-state index contributed by atoms with van der Waals surface area (Å²) in [5, 5.41) is 11.7. The van der Waals surface area contributed by atoms with Gasteiger partial charge in [0, 0.05) is 31.3 Å². The van der Waals surface area contributed by atoms with E-state index in [9.17, 15) is 0 Å². The number of guanidine groups is 1. The van der Waals surface area contributed by atoms with Crippen LogP contribution in [-0.4, -0.2) is 29.7 Å². The molecule has 8 heteroatoms. The second-order valence-corrected chi connectivity index (χ2v) is 6.50. The summed E-state index contributed by atoms with van der Waals surface area (Å²) in [6.45, 7) is 6.76. The molecule has 2 N–H and O–H groups in total. The lowest BCUT2D eigenvalue weighted by Gasteiger charge is -2.15. The molecule has 1 unspecified atom stereocenters. The zero-order valence-corrected chi connectivity index (χ0v) is 18.4. The van der Waals surface area contributed by atoms with Crippen LogP contribution in [0.2, 0.25) is 0 Å². The number of fused-ring (bicyclic) bond motifs is 1. The number of rotatable bonds is 6. The molecule has 0 amide bonds. The van der Waals surface area contributed by atoms with Crippen molar-refractivity contribution in [3.8, 4) is 0 Å². The van der Waals surface area contributed by atoms with E-state index in [2.05, 4.69) is 25.8 Å². The van der Waals surface area contributed by atoms with Crippen LogP contribution < -0.4 is 10.6 Å². The van der Waals surface area contributed by atoms with E-state index in [0.29, 0.717) is 24.8 Å². The highest BCUT2D eigenvalue weighted by molar-refractivity contribution is 14.0. The average molecular weight is 483 g/mol. The molecular weight excluding hydrogens is 457 g/mol. The smallest absolute Gasteiger partial charge is 0.228 e. The normalized spacial score (nSPS) is 12.9. The van der Waals surface area contributed by atoms with Crippen LogP contribution in [0.1, 0.15) is 50.2 Å². The van der Waals surface area contributed by atoms with Gasteiger partial charge in [0.15, 0.2) is 11.8 Å². The van der Waals surface area contributed by atoms with Gasteiger partial charge in [-0.25, -0.2) is 0 Å². The number of halogens is 1. The van der Waals surface area contributed by atoms with Crippen LogP contribution in [-0.2, 0) is 6.42 Å². The molecule has 2 heterocycles. The summed E-state index contributed by atoms with van der Waals surface area (Å²) in [6, 6.07) is 10.0. The first-order valence-electron chi connectivity index (χ1n) is 8.85. The molecule has 7 nitrogen and oxygen atoms in total. The minimum atomic E-state index is -0.00968. The Morgan fingerprint density at radius 1 is 1.22 bits per heavy atom. The van der Waals surface area contributed by atoms with E-state index in [1.54, 1.807) is 7.05 Å². The van der Waals surface area contributed by atoms with E-state index < -0.39 is 0 Å². The van der Waals surface area contributed by atoms with Crippen molar-refractivity contribution < 1.29 is 8.94 Å². The maximum atomic E-state index is 5.90. The van der Waals surface area contributed by atoms with Crippen LogP contribution in [0.25, 0.3) is 11.0 Å². The summed E-state index contributed by atoms with van der Waals surface area (Å²) in [6.07, 6.45) is 0.638. The number of hydrogen-bond acceptors (Lipinski definition) is 5.